The van der Waals surface area contributed by atoms with Crippen LogP contribution in [0.5, 0.6) is 5.75 Å². The predicted octanol–water partition coefficient (Wildman–Crippen LogP) is 6.10. The van der Waals surface area contributed by atoms with Crippen molar-refractivity contribution in [2.45, 2.75) is 48.0 Å². The molecule has 0 aliphatic rings. The lowest BCUT2D eigenvalue weighted by Crippen LogP contribution is -1.97. The molecule has 1 aromatic heterocycles. The number of thiophene rings is 1. The fourth-order valence-electron chi connectivity index (χ4n) is 2.62. The van der Waals surface area contributed by atoms with Crippen LogP contribution in [0.25, 0.3) is 16.2 Å². The van der Waals surface area contributed by atoms with Crippen molar-refractivity contribution in [3.63, 3.8) is 0 Å². The Bertz CT molecular complexity index is 728. The number of fused-ring (bicyclic) bond motifs is 1. The number of aryl methyl sites for hydroxylation is 1. The van der Waals surface area contributed by atoms with Gasteiger partial charge in [-0.2, -0.15) is 5.26 Å². The average Bonchev–Trinajstić information content (AvgIpc) is 2.93. The van der Waals surface area contributed by atoms with Gasteiger partial charge in [-0.1, -0.05) is 32.4 Å². The summed E-state index contributed by atoms with van der Waals surface area (Å²) in [5.41, 5.74) is 4.94. The Kier molecular flexibility index (Phi) is 6.64. The number of allylic oxidation sites excluding steroid dienone is 1. The summed E-state index contributed by atoms with van der Waals surface area (Å²) < 4.78 is 6.74. The molecular weight excluding hydrogens is 290 g/mol. The normalized spacial score (nSPS) is 9.73. The van der Waals surface area contributed by atoms with E-state index in [4.69, 9.17) is 10.00 Å². The topological polar surface area (TPSA) is 33.0 Å². The van der Waals surface area contributed by atoms with Crippen molar-refractivity contribution in [3.8, 4) is 11.8 Å². The summed E-state index contributed by atoms with van der Waals surface area (Å²) >= 11 is 1.51. The van der Waals surface area contributed by atoms with Gasteiger partial charge in [0.15, 0.2) is 0 Å². The van der Waals surface area contributed by atoms with Crippen LogP contribution < -0.4 is 4.74 Å². The SMILES string of the molecule is CC.CCc1c(C)c(C=C(C)C)c(OC)c2sc(C#N)cc12. The summed E-state index contributed by atoms with van der Waals surface area (Å²) in [6, 6.07) is 4.23. The summed E-state index contributed by atoms with van der Waals surface area (Å²) in [4.78, 5) is 0.738. The number of ether oxygens (including phenoxy) is 1. The van der Waals surface area contributed by atoms with Gasteiger partial charge in [-0.3, -0.25) is 0 Å². The van der Waals surface area contributed by atoms with Crippen LogP contribution in [0.15, 0.2) is 11.6 Å². The number of rotatable bonds is 3. The summed E-state index contributed by atoms with van der Waals surface area (Å²) in [6.07, 6.45) is 3.12. The third kappa shape index (κ3) is 3.34. The quantitative estimate of drug-likeness (QED) is 0.685. The monoisotopic (exact) mass is 315 g/mol. The molecule has 118 valence electrons. The summed E-state index contributed by atoms with van der Waals surface area (Å²) in [7, 11) is 1.70. The highest BCUT2D eigenvalue weighted by Gasteiger charge is 2.18. The molecule has 0 aliphatic carbocycles. The molecule has 2 nitrogen and oxygen atoms in total. The van der Waals surface area contributed by atoms with Gasteiger partial charge < -0.3 is 4.74 Å². The van der Waals surface area contributed by atoms with Crippen LogP contribution in [-0.4, -0.2) is 7.11 Å². The predicted molar refractivity (Wildman–Crippen MR) is 97.9 cm³/mol. The zero-order chi connectivity index (χ0) is 16.9. The summed E-state index contributed by atoms with van der Waals surface area (Å²) in [6.45, 7) is 12.5. The number of benzene rings is 1. The standard InChI is InChI=1S/C17H19NOS.C2H6/c1-6-13-11(4)14(7-10(2)3)16(19-5)17-15(13)8-12(9-18)20-17;1-2/h7-8H,6H2,1-5H3;1-2H3. The molecule has 0 saturated heterocycles. The van der Waals surface area contributed by atoms with Crippen LogP contribution in [0, 0.1) is 18.3 Å². The number of methoxy groups -OCH3 is 1. The van der Waals surface area contributed by atoms with Crippen LogP contribution in [0.2, 0.25) is 0 Å². The molecular formula is C19H25NOS. The molecule has 1 aromatic carbocycles. The second kappa shape index (κ2) is 8.00. The lowest BCUT2D eigenvalue weighted by atomic mass is 9.95. The second-order valence-corrected chi connectivity index (χ2v) is 6.14. The number of nitrogens with zero attached hydrogens (tertiary/aromatic N) is 1. The first-order valence-electron chi connectivity index (χ1n) is 7.71. The van der Waals surface area contributed by atoms with Gasteiger partial charge in [0.25, 0.3) is 0 Å². The molecule has 0 bridgehead atoms. The van der Waals surface area contributed by atoms with E-state index in [9.17, 15) is 0 Å². The van der Waals surface area contributed by atoms with E-state index in [1.165, 1.54) is 28.0 Å². The third-order valence-corrected chi connectivity index (χ3v) is 4.50. The highest BCUT2D eigenvalue weighted by atomic mass is 32.1. The van der Waals surface area contributed by atoms with Crippen molar-refractivity contribution >= 4 is 27.5 Å². The molecule has 0 spiro atoms. The molecule has 0 aliphatic heterocycles. The first-order chi connectivity index (χ1) is 10.5. The van der Waals surface area contributed by atoms with E-state index in [2.05, 4.69) is 39.8 Å². The minimum atomic E-state index is 0.738. The molecule has 2 rings (SSSR count). The highest BCUT2D eigenvalue weighted by molar-refractivity contribution is 7.20. The molecule has 22 heavy (non-hydrogen) atoms. The Hall–Kier alpha value is -1.79. The Morgan fingerprint density at radius 3 is 2.45 bits per heavy atom. The van der Waals surface area contributed by atoms with Crippen molar-refractivity contribution in [1.82, 2.24) is 0 Å². The Labute approximate surface area is 138 Å². The van der Waals surface area contributed by atoms with Crippen LogP contribution in [0.4, 0.5) is 0 Å². The third-order valence-electron chi connectivity index (χ3n) is 3.47. The molecule has 3 heteroatoms. The van der Waals surface area contributed by atoms with Gasteiger partial charge >= 0.3 is 0 Å². The Morgan fingerprint density at radius 1 is 1.36 bits per heavy atom. The van der Waals surface area contributed by atoms with Crippen molar-refractivity contribution in [2.24, 2.45) is 0 Å². The lowest BCUT2D eigenvalue weighted by molar-refractivity contribution is 0.419. The molecule has 0 amide bonds. The fourth-order valence-corrected chi connectivity index (χ4v) is 3.64. The zero-order valence-electron chi connectivity index (χ0n) is 14.6. The first kappa shape index (κ1) is 18.3. The van der Waals surface area contributed by atoms with Crippen molar-refractivity contribution < 1.29 is 4.74 Å². The summed E-state index contributed by atoms with van der Waals surface area (Å²) in [5, 5.41) is 10.3. The van der Waals surface area contributed by atoms with Crippen LogP contribution in [0.3, 0.4) is 0 Å². The maximum atomic E-state index is 9.16. The van der Waals surface area contributed by atoms with Crippen molar-refractivity contribution in [2.75, 3.05) is 7.11 Å². The van der Waals surface area contributed by atoms with E-state index in [0.717, 1.165) is 32.7 Å². The Balaban J connectivity index is 0.00000116. The number of hydrogen-bond donors (Lipinski definition) is 0. The first-order valence-corrected chi connectivity index (χ1v) is 8.53. The maximum absolute atomic E-state index is 9.16. The molecule has 0 atom stereocenters. The number of hydrogen-bond acceptors (Lipinski definition) is 3. The van der Waals surface area contributed by atoms with E-state index in [-0.39, 0.29) is 0 Å². The van der Waals surface area contributed by atoms with Crippen molar-refractivity contribution in [3.05, 3.63) is 33.2 Å². The minimum Gasteiger partial charge on any atom is -0.495 e. The van der Waals surface area contributed by atoms with Crippen LogP contribution in [0.1, 0.15) is 56.2 Å². The average molecular weight is 315 g/mol. The van der Waals surface area contributed by atoms with Gasteiger partial charge in [0, 0.05) is 10.9 Å². The van der Waals surface area contributed by atoms with Gasteiger partial charge in [-0.25, -0.2) is 0 Å². The fraction of sp³-hybridized carbons (Fsp3) is 0.421. The molecule has 1 heterocycles. The molecule has 0 fully saturated rings. The van der Waals surface area contributed by atoms with Gasteiger partial charge in [0.2, 0.25) is 0 Å². The molecule has 0 N–H and O–H groups in total. The van der Waals surface area contributed by atoms with E-state index >= 15 is 0 Å². The van der Waals surface area contributed by atoms with E-state index in [1.807, 2.05) is 19.9 Å². The van der Waals surface area contributed by atoms with Gasteiger partial charge in [0.05, 0.1) is 11.8 Å². The van der Waals surface area contributed by atoms with Crippen LogP contribution in [-0.2, 0) is 6.42 Å². The maximum Gasteiger partial charge on any atom is 0.144 e. The van der Waals surface area contributed by atoms with E-state index < -0.39 is 0 Å². The van der Waals surface area contributed by atoms with E-state index in [0.29, 0.717) is 0 Å². The van der Waals surface area contributed by atoms with Crippen molar-refractivity contribution in [1.29, 1.82) is 5.26 Å². The van der Waals surface area contributed by atoms with Gasteiger partial charge in [0.1, 0.15) is 16.7 Å². The van der Waals surface area contributed by atoms with Gasteiger partial charge in [-0.05, 0) is 44.4 Å². The lowest BCUT2D eigenvalue weighted by Gasteiger charge is -2.15. The molecule has 0 radical (unpaired) electrons. The minimum absolute atomic E-state index is 0.738. The highest BCUT2D eigenvalue weighted by Crippen LogP contribution is 2.42. The zero-order valence-corrected chi connectivity index (χ0v) is 15.4. The molecule has 0 saturated carbocycles. The van der Waals surface area contributed by atoms with E-state index in [1.54, 1.807) is 7.11 Å². The van der Waals surface area contributed by atoms with Gasteiger partial charge in [-0.15, -0.1) is 11.3 Å². The van der Waals surface area contributed by atoms with Crippen LogP contribution >= 0.6 is 11.3 Å². The largest absolute Gasteiger partial charge is 0.495 e. The molecule has 2 aromatic rings. The smallest absolute Gasteiger partial charge is 0.144 e. The Morgan fingerprint density at radius 2 is 2.00 bits per heavy atom. The second-order valence-electron chi connectivity index (χ2n) is 5.09. The summed E-state index contributed by atoms with van der Waals surface area (Å²) in [5.74, 6) is 0.891. The molecule has 0 unspecified atom stereocenters. The number of nitriles is 1.